The van der Waals surface area contributed by atoms with Gasteiger partial charge in [-0.3, -0.25) is 4.79 Å². The van der Waals surface area contributed by atoms with Crippen molar-refractivity contribution in [1.29, 1.82) is 0 Å². The van der Waals surface area contributed by atoms with Gasteiger partial charge in [-0.25, -0.2) is 4.98 Å². The fourth-order valence-corrected chi connectivity index (χ4v) is 1.72. The van der Waals surface area contributed by atoms with Gasteiger partial charge in [-0.15, -0.1) is 0 Å². The molecule has 0 fully saturated rings. The molecule has 0 radical (unpaired) electrons. The van der Waals surface area contributed by atoms with Crippen molar-refractivity contribution >= 4 is 17.4 Å². The number of aryl methyl sites for hydroxylation is 1. The Morgan fingerprint density at radius 2 is 1.89 bits per heavy atom. The van der Waals surface area contributed by atoms with Crippen LogP contribution in [-0.4, -0.2) is 17.9 Å². The summed E-state index contributed by atoms with van der Waals surface area (Å²) in [6.45, 7) is 2.13. The SMILES string of the molecule is CCc1ccc(Nc2ccc(C(=O)NC)cn2)cc1. The monoisotopic (exact) mass is 255 g/mol. The highest BCUT2D eigenvalue weighted by Gasteiger charge is 2.03. The topological polar surface area (TPSA) is 54.0 Å². The van der Waals surface area contributed by atoms with Crippen LogP contribution in [0.1, 0.15) is 22.8 Å². The second-order valence-electron chi connectivity index (χ2n) is 4.19. The fourth-order valence-electron chi connectivity index (χ4n) is 1.72. The van der Waals surface area contributed by atoms with Gasteiger partial charge in [0, 0.05) is 18.9 Å². The quantitative estimate of drug-likeness (QED) is 0.883. The molecular weight excluding hydrogens is 238 g/mol. The van der Waals surface area contributed by atoms with Crippen molar-refractivity contribution in [3.05, 3.63) is 53.7 Å². The lowest BCUT2D eigenvalue weighted by molar-refractivity contribution is 0.0963. The van der Waals surface area contributed by atoms with E-state index in [1.807, 2.05) is 12.1 Å². The molecular formula is C15H17N3O. The van der Waals surface area contributed by atoms with Gasteiger partial charge >= 0.3 is 0 Å². The van der Waals surface area contributed by atoms with Gasteiger partial charge in [-0.2, -0.15) is 0 Å². The summed E-state index contributed by atoms with van der Waals surface area (Å²) in [6.07, 6.45) is 2.58. The van der Waals surface area contributed by atoms with Gasteiger partial charge in [0.25, 0.3) is 5.91 Å². The highest BCUT2D eigenvalue weighted by molar-refractivity contribution is 5.93. The third-order valence-electron chi connectivity index (χ3n) is 2.89. The first kappa shape index (κ1) is 13.1. The average Bonchev–Trinajstić information content (AvgIpc) is 2.48. The number of benzene rings is 1. The van der Waals surface area contributed by atoms with Crippen molar-refractivity contribution in [2.75, 3.05) is 12.4 Å². The predicted molar refractivity (Wildman–Crippen MR) is 76.7 cm³/mol. The Morgan fingerprint density at radius 3 is 2.42 bits per heavy atom. The molecule has 1 amide bonds. The van der Waals surface area contributed by atoms with Crippen molar-refractivity contribution in [2.24, 2.45) is 0 Å². The third kappa shape index (κ3) is 3.31. The van der Waals surface area contributed by atoms with Crippen molar-refractivity contribution in [2.45, 2.75) is 13.3 Å². The Bertz CT molecular complexity index is 547. The van der Waals surface area contributed by atoms with Gasteiger partial charge in [0.1, 0.15) is 5.82 Å². The van der Waals surface area contributed by atoms with E-state index in [0.29, 0.717) is 5.56 Å². The third-order valence-corrected chi connectivity index (χ3v) is 2.89. The Labute approximate surface area is 112 Å². The number of hydrogen-bond donors (Lipinski definition) is 2. The molecule has 2 N–H and O–H groups in total. The second-order valence-corrected chi connectivity index (χ2v) is 4.19. The second kappa shape index (κ2) is 6.00. The molecule has 0 unspecified atom stereocenters. The lowest BCUT2D eigenvalue weighted by Crippen LogP contribution is -2.17. The van der Waals surface area contributed by atoms with Gasteiger partial charge in [0.2, 0.25) is 0 Å². The lowest BCUT2D eigenvalue weighted by Gasteiger charge is -2.07. The molecule has 0 saturated heterocycles. The summed E-state index contributed by atoms with van der Waals surface area (Å²) in [6, 6.07) is 11.7. The van der Waals surface area contributed by atoms with Gasteiger partial charge in [0.05, 0.1) is 5.56 Å². The summed E-state index contributed by atoms with van der Waals surface area (Å²) in [7, 11) is 1.60. The minimum Gasteiger partial charge on any atom is -0.355 e. The number of nitrogens with zero attached hydrogens (tertiary/aromatic N) is 1. The maximum Gasteiger partial charge on any atom is 0.252 e. The number of rotatable bonds is 4. The van der Waals surface area contributed by atoms with Crippen LogP contribution in [0.25, 0.3) is 0 Å². The zero-order chi connectivity index (χ0) is 13.7. The zero-order valence-corrected chi connectivity index (χ0v) is 11.1. The largest absolute Gasteiger partial charge is 0.355 e. The van der Waals surface area contributed by atoms with Crippen LogP contribution in [0.5, 0.6) is 0 Å². The van der Waals surface area contributed by atoms with Crippen LogP contribution in [-0.2, 0) is 6.42 Å². The van der Waals surface area contributed by atoms with Gasteiger partial charge < -0.3 is 10.6 Å². The van der Waals surface area contributed by atoms with Crippen molar-refractivity contribution in [3.8, 4) is 0 Å². The number of nitrogens with one attached hydrogen (secondary N) is 2. The lowest BCUT2D eigenvalue weighted by atomic mass is 10.1. The number of carbonyl (C=O) groups excluding carboxylic acids is 1. The summed E-state index contributed by atoms with van der Waals surface area (Å²) in [5.74, 6) is 0.586. The van der Waals surface area contributed by atoms with E-state index < -0.39 is 0 Å². The molecule has 1 heterocycles. The number of anilines is 2. The highest BCUT2D eigenvalue weighted by Crippen LogP contribution is 2.15. The van der Waals surface area contributed by atoms with E-state index in [4.69, 9.17) is 0 Å². The molecule has 0 saturated carbocycles. The Morgan fingerprint density at radius 1 is 1.16 bits per heavy atom. The Balaban J connectivity index is 2.08. The van der Waals surface area contributed by atoms with Crippen molar-refractivity contribution in [3.63, 3.8) is 0 Å². The van der Waals surface area contributed by atoms with E-state index >= 15 is 0 Å². The molecule has 98 valence electrons. The summed E-state index contributed by atoms with van der Waals surface area (Å²) in [4.78, 5) is 15.6. The predicted octanol–water partition coefficient (Wildman–Crippen LogP) is 2.75. The molecule has 1 aromatic carbocycles. The molecule has 0 aliphatic heterocycles. The molecule has 1 aromatic heterocycles. The van der Waals surface area contributed by atoms with Crippen molar-refractivity contribution < 1.29 is 4.79 Å². The van der Waals surface area contributed by atoms with Crippen LogP contribution in [0.3, 0.4) is 0 Å². The minimum absolute atomic E-state index is 0.133. The summed E-state index contributed by atoms with van der Waals surface area (Å²) in [5, 5.41) is 5.76. The zero-order valence-electron chi connectivity index (χ0n) is 11.1. The first-order valence-corrected chi connectivity index (χ1v) is 6.27. The molecule has 4 heteroatoms. The van der Waals surface area contributed by atoms with Gasteiger partial charge in [0.15, 0.2) is 0 Å². The first-order chi connectivity index (χ1) is 9.22. The molecule has 0 aliphatic carbocycles. The normalized spacial score (nSPS) is 10.0. The fraction of sp³-hybridized carbons (Fsp3) is 0.200. The Hall–Kier alpha value is -2.36. The maximum absolute atomic E-state index is 11.4. The summed E-state index contributed by atoms with van der Waals surface area (Å²) in [5.41, 5.74) is 2.83. The van der Waals surface area contributed by atoms with Crippen LogP contribution >= 0.6 is 0 Å². The number of amides is 1. The Kier molecular flexibility index (Phi) is 4.13. The summed E-state index contributed by atoms with van der Waals surface area (Å²) >= 11 is 0. The van der Waals surface area contributed by atoms with E-state index in [-0.39, 0.29) is 5.91 Å². The van der Waals surface area contributed by atoms with Crippen LogP contribution in [0, 0.1) is 0 Å². The molecule has 0 aliphatic rings. The maximum atomic E-state index is 11.4. The van der Waals surface area contributed by atoms with E-state index in [2.05, 4.69) is 34.7 Å². The molecule has 0 bridgehead atoms. The van der Waals surface area contributed by atoms with Gasteiger partial charge in [-0.05, 0) is 36.2 Å². The van der Waals surface area contributed by atoms with E-state index in [1.54, 1.807) is 25.4 Å². The number of pyridine rings is 1. The summed E-state index contributed by atoms with van der Waals surface area (Å²) < 4.78 is 0. The van der Waals surface area contributed by atoms with Crippen LogP contribution in [0.15, 0.2) is 42.6 Å². The van der Waals surface area contributed by atoms with Crippen LogP contribution in [0.2, 0.25) is 0 Å². The first-order valence-electron chi connectivity index (χ1n) is 6.27. The van der Waals surface area contributed by atoms with E-state index in [0.717, 1.165) is 17.9 Å². The van der Waals surface area contributed by atoms with Gasteiger partial charge in [-0.1, -0.05) is 19.1 Å². The number of carbonyl (C=O) groups is 1. The molecule has 0 spiro atoms. The van der Waals surface area contributed by atoms with Crippen LogP contribution < -0.4 is 10.6 Å². The van der Waals surface area contributed by atoms with Crippen LogP contribution in [0.4, 0.5) is 11.5 Å². The molecule has 4 nitrogen and oxygen atoms in total. The standard InChI is InChI=1S/C15H17N3O/c1-3-11-4-7-13(8-5-11)18-14-9-6-12(10-17-14)15(19)16-2/h4-10H,3H2,1-2H3,(H,16,19)(H,17,18). The minimum atomic E-state index is -0.133. The number of hydrogen-bond acceptors (Lipinski definition) is 3. The highest BCUT2D eigenvalue weighted by atomic mass is 16.1. The molecule has 2 aromatic rings. The average molecular weight is 255 g/mol. The smallest absolute Gasteiger partial charge is 0.252 e. The van der Waals surface area contributed by atoms with E-state index in [9.17, 15) is 4.79 Å². The van der Waals surface area contributed by atoms with E-state index in [1.165, 1.54) is 5.56 Å². The molecule has 2 rings (SSSR count). The number of aromatic nitrogens is 1. The van der Waals surface area contributed by atoms with Crippen molar-refractivity contribution in [1.82, 2.24) is 10.3 Å². The molecule has 0 atom stereocenters. The molecule has 19 heavy (non-hydrogen) atoms.